The van der Waals surface area contributed by atoms with Crippen LogP contribution in [0.15, 0.2) is 24.8 Å². The fourth-order valence-electron chi connectivity index (χ4n) is 2.66. The number of aromatic nitrogens is 4. The summed E-state index contributed by atoms with van der Waals surface area (Å²) in [6, 6.07) is 0.342. The molecule has 0 bridgehead atoms. The van der Waals surface area contributed by atoms with Crippen LogP contribution in [0.25, 0.3) is 11.4 Å². The number of nitrogens with zero attached hydrogens (tertiary/aromatic N) is 5. The van der Waals surface area contributed by atoms with Crippen LogP contribution in [-0.2, 0) is 11.3 Å². The van der Waals surface area contributed by atoms with Crippen LogP contribution in [0, 0.1) is 0 Å². The molecule has 1 saturated heterocycles. The van der Waals surface area contributed by atoms with Crippen molar-refractivity contribution in [2.45, 2.75) is 25.8 Å². The van der Waals surface area contributed by atoms with Crippen LogP contribution in [0.3, 0.4) is 0 Å². The van der Waals surface area contributed by atoms with Crippen molar-refractivity contribution in [1.82, 2.24) is 24.4 Å². The molecule has 1 fully saturated rings. The van der Waals surface area contributed by atoms with Gasteiger partial charge < -0.3 is 14.2 Å². The van der Waals surface area contributed by atoms with Crippen molar-refractivity contribution in [3.63, 3.8) is 0 Å². The Labute approximate surface area is 129 Å². The van der Waals surface area contributed by atoms with Crippen LogP contribution < -0.4 is 4.74 Å². The van der Waals surface area contributed by atoms with E-state index in [2.05, 4.69) is 19.5 Å². The van der Waals surface area contributed by atoms with Crippen molar-refractivity contribution in [1.29, 1.82) is 0 Å². The lowest BCUT2D eigenvalue weighted by molar-refractivity contribution is -0.127. The predicted octanol–water partition coefficient (Wildman–Crippen LogP) is 1.36. The Balaban J connectivity index is 1.62. The second kappa shape index (κ2) is 6.55. The summed E-state index contributed by atoms with van der Waals surface area (Å²) < 4.78 is 7.02. The Bertz CT molecular complexity index is 638. The summed E-state index contributed by atoms with van der Waals surface area (Å²) in [7, 11) is 1.54. The topological polar surface area (TPSA) is 73.1 Å². The highest BCUT2D eigenvalue weighted by molar-refractivity contribution is 5.77. The first-order valence-electron chi connectivity index (χ1n) is 7.43. The van der Waals surface area contributed by atoms with Gasteiger partial charge in [0.05, 0.1) is 12.7 Å². The highest BCUT2D eigenvalue weighted by Crippen LogP contribution is 2.17. The van der Waals surface area contributed by atoms with E-state index in [0.717, 1.165) is 43.9 Å². The van der Waals surface area contributed by atoms with Crippen molar-refractivity contribution >= 4 is 5.91 Å². The molecule has 7 heteroatoms. The summed E-state index contributed by atoms with van der Waals surface area (Å²) in [5, 5.41) is 0. The molecule has 0 aliphatic carbocycles. The van der Waals surface area contributed by atoms with E-state index < -0.39 is 0 Å². The number of carbonyl (C=O) groups excluding carboxylic acids is 1. The van der Waals surface area contributed by atoms with Gasteiger partial charge >= 0.3 is 6.01 Å². The van der Waals surface area contributed by atoms with Crippen LogP contribution in [0.4, 0.5) is 0 Å². The Kier molecular flexibility index (Phi) is 4.32. The third-order valence-electron chi connectivity index (χ3n) is 3.78. The normalized spacial score (nSPS) is 14.6. The van der Waals surface area contributed by atoms with E-state index in [0.29, 0.717) is 12.4 Å². The summed E-state index contributed by atoms with van der Waals surface area (Å²) in [4.78, 5) is 26.1. The van der Waals surface area contributed by atoms with Gasteiger partial charge in [-0.25, -0.2) is 15.0 Å². The first-order chi connectivity index (χ1) is 10.8. The number of amides is 1. The Hall–Kier alpha value is -2.44. The summed E-state index contributed by atoms with van der Waals surface area (Å²) in [5.41, 5.74) is 0.850. The van der Waals surface area contributed by atoms with Crippen LogP contribution in [0.5, 0.6) is 6.01 Å². The van der Waals surface area contributed by atoms with E-state index in [1.165, 1.54) is 7.11 Å². The lowest BCUT2D eigenvalue weighted by Gasteiger charge is -2.15. The van der Waals surface area contributed by atoms with Gasteiger partial charge in [0.2, 0.25) is 5.91 Å². The smallest absolute Gasteiger partial charge is 0.316 e. The number of likely N-dealkylation sites (tertiary alicyclic amines) is 1. The van der Waals surface area contributed by atoms with Gasteiger partial charge in [-0.2, -0.15) is 0 Å². The molecule has 2 aromatic rings. The summed E-state index contributed by atoms with van der Waals surface area (Å²) in [6.07, 6.45) is 9.69. The van der Waals surface area contributed by atoms with Gasteiger partial charge in [0, 0.05) is 50.8 Å². The molecule has 0 aromatic carbocycles. The van der Waals surface area contributed by atoms with Crippen LogP contribution >= 0.6 is 0 Å². The number of aryl methyl sites for hydroxylation is 1. The number of imidazole rings is 1. The molecular weight excluding hydrogens is 282 g/mol. The predicted molar refractivity (Wildman–Crippen MR) is 80.2 cm³/mol. The largest absolute Gasteiger partial charge is 0.467 e. The Morgan fingerprint density at radius 3 is 2.73 bits per heavy atom. The average molecular weight is 301 g/mol. The van der Waals surface area contributed by atoms with E-state index in [1.54, 1.807) is 18.6 Å². The molecule has 7 nitrogen and oxygen atoms in total. The molecule has 0 N–H and O–H groups in total. The SMILES string of the molecule is COc1ncc(-c2nccn2CCCN2CCCC2=O)cn1. The van der Waals surface area contributed by atoms with Crippen LogP contribution in [0.1, 0.15) is 19.3 Å². The van der Waals surface area contributed by atoms with Gasteiger partial charge in [-0.15, -0.1) is 0 Å². The number of methoxy groups -OCH3 is 1. The van der Waals surface area contributed by atoms with Crippen LogP contribution in [0.2, 0.25) is 0 Å². The molecular formula is C15H19N5O2. The number of carbonyl (C=O) groups is 1. The van der Waals surface area contributed by atoms with Gasteiger partial charge in [0.1, 0.15) is 5.82 Å². The molecule has 1 aliphatic heterocycles. The quantitative estimate of drug-likeness (QED) is 0.805. The fraction of sp³-hybridized carbons (Fsp3) is 0.467. The minimum absolute atomic E-state index is 0.273. The van der Waals surface area contributed by atoms with E-state index in [9.17, 15) is 4.79 Å². The molecule has 0 saturated carbocycles. The lowest BCUT2D eigenvalue weighted by Crippen LogP contribution is -2.26. The van der Waals surface area contributed by atoms with Gasteiger partial charge in [-0.05, 0) is 12.8 Å². The molecule has 22 heavy (non-hydrogen) atoms. The monoisotopic (exact) mass is 301 g/mol. The zero-order chi connectivity index (χ0) is 15.4. The molecule has 1 aliphatic rings. The first kappa shape index (κ1) is 14.5. The zero-order valence-corrected chi connectivity index (χ0v) is 12.6. The van der Waals surface area contributed by atoms with Crippen molar-refractivity contribution in [3.8, 4) is 17.4 Å². The molecule has 116 valence electrons. The molecule has 2 aromatic heterocycles. The molecule has 0 radical (unpaired) electrons. The van der Waals surface area contributed by atoms with Crippen molar-refractivity contribution in [3.05, 3.63) is 24.8 Å². The molecule has 3 heterocycles. The number of hydrogen-bond donors (Lipinski definition) is 0. The van der Waals surface area contributed by atoms with Gasteiger partial charge in [-0.1, -0.05) is 0 Å². The lowest BCUT2D eigenvalue weighted by atomic mass is 10.3. The maximum Gasteiger partial charge on any atom is 0.316 e. The van der Waals surface area contributed by atoms with Crippen LogP contribution in [-0.4, -0.2) is 50.5 Å². The number of ether oxygens (including phenoxy) is 1. The Morgan fingerprint density at radius 2 is 2.05 bits per heavy atom. The maximum atomic E-state index is 11.6. The minimum Gasteiger partial charge on any atom is -0.467 e. The number of hydrogen-bond acceptors (Lipinski definition) is 5. The summed E-state index contributed by atoms with van der Waals surface area (Å²) in [6.45, 7) is 2.50. The highest BCUT2D eigenvalue weighted by atomic mass is 16.5. The minimum atomic E-state index is 0.273. The van der Waals surface area contributed by atoms with Gasteiger partial charge in [0.15, 0.2) is 0 Å². The third kappa shape index (κ3) is 3.08. The number of rotatable bonds is 6. The van der Waals surface area contributed by atoms with Crippen molar-refractivity contribution < 1.29 is 9.53 Å². The third-order valence-corrected chi connectivity index (χ3v) is 3.78. The standard InChI is InChI=1S/C15H19N5O2/c1-22-15-17-10-12(11-18-15)14-16-5-9-20(14)8-3-7-19-6-2-4-13(19)21/h5,9-11H,2-4,6-8H2,1H3. The van der Waals surface area contributed by atoms with Crippen molar-refractivity contribution in [2.75, 3.05) is 20.2 Å². The van der Waals surface area contributed by atoms with Crippen molar-refractivity contribution in [2.24, 2.45) is 0 Å². The molecule has 0 unspecified atom stereocenters. The van der Waals surface area contributed by atoms with Gasteiger partial charge in [0.25, 0.3) is 0 Å². The second-order valence-corrected chi connectivity index (χ2v) is 5.24. The fourth-order valence-corrected chi connectivity index (χ4v) is 2.66. The zero-order valence-electron chi connectivity index (χ0n) is 12.6. The average Bonchev–Trinajstić information content (AvgIpc) is 3.17. The van der Waals surface area contributed by atoms with E-state index in [4.69, 9.17) is 4.74 Å². The molecule has 0 spiro atoms. The summed E-state index contributed by atoms with van der Waals surface area (Å²) in [5.74, 6) is 1.10. The van der Waals surface area contributed by atoms with Gasteiger partial charge in [-0.3, -0.25) is 4.79 Å². The Morgan fingerprint density at radius 1 is 1.23 bits per heavy atom. The highest BCUT2D eigenvalue weighted by Gasteiger charge is 2.19. The molecule has 1 amide bonds. The molecule has 3 rings (SSSR count). The maximum absolute atomic E-state index is 11.6. The van der Waals surface area contributed by atoms with E-state index in [1.807, 2.05) is 11.1 Å². The van der Waals surface area contributed by atoms with E-state index >= 15 is 0 Å². The second-order valence-electron chi connectivity index (χ2n) is 5.24. The first-order valence-corrected chi connectivity index (χ1v) is 7.43. The van der Waals surface area contributed by atoms with E-state index in [-0.39, 0.29) is 5.91 Å². The molecule has 0 atom stereocenters. The summed E-state index contributed by atoms with van der Waals surface area (Å²) >= 11 is 0.